The summed E-state index contributed by atoms with van der Waals surface area (Å²) >= 11 is 0. The molecule has 0 unspecified atom stereocenters. The van der Waals surface area contributed by atoms with Gasteiger partial charge in [-0.25, -0.2) is 4.99 Å². The third-order valence-electron chi connectivity index (χ3n) is 3.01. The van der Waals surface area contributed by atoms with Crippen molar-refractivity contribution in [3.63, 3.8) is 0 Å². The first-order valence-electron chi connectivity index (χ1n) is 6.05. The number of aromatic nitrogens is 1. The molecule has 0 spiro atoms. The Hall–Kier alpha value is -2.16. The molecule has 2 aromatic rings. The van der Waals surface area contributed by atoms with Crippen LogP contribution in [0.25, 0.3) is 0 Å². The van der Waals surface area contributed by atoms with Gasteiger partial charge in [-0.3, -0.25) is 4.98 Å². The zero-order valence-corrected chi connectivity index (χ0v) is 10.2. The minimum Gasteiger partial charge on any atom is -0.466 e. The van der Waals surface area contributed by atoms with E-state index in [9.17, 15) is 0 Å². The molecular formula is C15H14N2O. The highest BCUT2D eigenvalue weighted by Gasteiger charge is 2.29. The number of hydrogen-bond donors (Lipinski definition) is 0. The van der Waals surface area contributed by atoms with Crippen molar-refractivity contribution >= 4 is 5.90 Å². The molecule has 0 bridgehead atoms. The molecule has 2 atom stereocenters. The second kappa shape index (κ2) is 4.61. The maximum absolute atomic E-state index is 5.93. The fourth-order valence-electron chi connectivity index (χ4n) is 2.11. The van der Waals surface area contributed by atoms with Gasteiger partial charge in [0.25, 0.3) is 0 Å². The third-order valence-corrected chi connectivity index (χ3v) is 3.01. The van der Waals surface area contributed by atoms with Crippen LogP contribution in [-0.2, 0) is 4.74 Å². The van der Waals surface area contributed by atoms with Crippen LogP contribution in [0.5, 0.6) is 0 Å². The first kappa shape index (κ1) is 11.0. The smallest absolute Gasteiger partial charge is 0.236 e. The van der Waals surface area contributed by atoms with Crippen LogP contribution in [0.3, 0.4) is 0 Å². The third kappa shape index (κ3) is 1.99. The Labute approximate surface area is 106 Å². The van der Waals surface area contributed by atoms with Crippen LogP contribution in [0.2, 0.25) is 0 Å². The molecule has 0 aliphatic carbocycles. The summed E-state index contributed by atoms with van der Waals surface area (Å²) in [7, 11) is 0. The van der Waals surface area contributed by atoms with Gasteiger partial charge in [-0.2, -0.15) is 0 Å². The van der Waals surface area contributed by atoms with Gasteiger partial charge in [-0.05, 0) is 24.6 Å². The first-order valence-corrected chi connectivity index (χ1v) is 6.05. The Bertz CT molecular complexity index is 551. The lowest BCUT2D eigenvalue weighted by Crippen LogP contribution is -2.11. The topological polar surface area (TPSA) is 34.5 Å². The zero-order chi connectivity index (χ0) is 12.4. The van der Waals surface area contributed by atoms with Gasteiger partial charge < -0.3 is 4.74 Å². The number of hydrogen-bond acceptors (Lipinski definition) is 3. The van der Waals surface area contributed by atoms with E-state index < -0.39 is 0 Å². The van der Waals surface area contributed by atoms with Crippen molar-refractivity contribution in [2.45, 2.75) is 19.1 Å². The van der Waals surface area contributed by atoms with Crippen molar-refractivity contribution in [2.24, 2.45) is 4.99 Å². The molecule has 1 aromatic heterocycles. The number of rotatable bonds is 2. The summed E-state index contributed by atoms with van der Waals surface area (Å²) in [4.78, 5) is 8.82. The Kier molecular flexibility index (Phi) is 2.81. The average Bonchev–Trinajstić information content (AvgIpc) is 2.83. The van der Waals surface area contributed by atoms with E-state index in [1.807, 2.05) is 36.4 Å². The molecule has 1 aliphatic rings. The Morgan fingerprint density at radius 2 is 1.78 bits per heavy atom. The number of ether oxygens (including phenoxy) is 1. The van der Waals surface area contributed by atoms with Crippen LogP contribution >= 0.6 is 0 Å². The molecule has 3 heteroatoms. The molecule has 2 heterocycles. The van der Waals surface area contributed by atoms with E-state index in [2.05, 4.69) is 29.0 Å². The molecule has 18 heavy (non-hydrogen) atoms. The van der Waals surface area contributed by atoms with E-state index in [0.29, 0.717) is 5.90 Å². The normalized spacial score (nSPS) is 22.4. The minimum atomic E-state index is -0.0109. The average molecular weight is 238 g/mol. The molecule has 0 radical (unpaired) electrons. The lowest BCUT2D eigenvalue weighted by atomic mass is 10.0. The second-order valence-electron chi connectivity index (χ2n) is 4.34. The standard InChI is InChI=1S/C15H14N2O/c1-11-14(12-7-3-2-4-8-12)18-15(17-11)13-9-5-6-10-16-13/h2-11,14H,1H3/t11-,14+/m1/s1. The lowest BCUT2D eigenvalue weighted by Gasteiger charge is -2.14. The first-order chi connectivity index (χ1) is 8.84. The lowest BCUT2D eigenvalue weighted by molar-refractivity contribution is 0.202. The van der Waals surface area contributed by atoms with Gasteiger partial charge in [-0.1, -0.05) is 36.4 Å². The van der Waals surface area contributed by atoms with Gasteiger partial charge in [0.1, 0.15) is 11.8 Å². The number of nitrogens with zero attached hydrogens (tertiary/aromatic N) is 2. The molecule has 3 rings (SSSR count). The quantitative estimate of drug-likeness (QED) is 0.806. The molecule has 90 valence electrons. The molecule has 0 fully saturated rings. The molecule has 0 amide bonds. The highest BCUT2D eigenvalue weighted by molar-refractivity contribution is 5.93. The van der Waals surface area contributed by atoms with E-state index in [1.165, 1.54) is 0 Å². The van der Waals surface area contributed by atoms with Crippen LogP contribution < -0.4 is 0 Å². The highest BCUT2D eigenvalue weighted by atomic mass is 16.5. The van der Waals surface area contributed by atoms with Gasteiger partial charge in [-0.15, -0.1) is 0 Å². The fraction of sp³-hybridized carbons (Fsp3) is 0.200. The molecule has 1 aliphatic heterocycles. The predicted octanol–water partition coefficient (Wildman–Crippen LogP) is 2.99. The minimum absolute atomic E-state index is 0.0109. The van der Waals surface area contributed by atoms with E-state index >= 15 is 0 Å². The summed E-state index contributed by atoms with van der Waals surface area (Å²) in [5, 5.41) is 0. The fourth-order valence-corrected chi connectivity index (χ4v) is 2.11. The van der Waals surface area contributed by atoms with E-state index in [0.717, 1.165) is 11.3 Å². The van der Waals surface area contributed by atoms with Gasteiger partial charge in [0.15, 0.2) is 0 Å². The van der Waals surface area contributed by atoms with Crippen molar-refractivity contribution in [1.82, 2.24) is 4.98 Å². The molecule has 1 aromatic carbocycles. The highest BCUT2D eigenvalue weighted by Crippen LogP contribution is 2.30. The largest absolute Gasteiger partial charge is 0.466 e. The number of pyridine rings is 1. The maximum atomic E-state index is 5.93. The summed E-state index contributed by atoms with van der Waals surface area (Å²) in [6.45, 7) is 2.06. The van der Waals surface area contributed by atoms with E-state index in [4.69, 9.17) is 4.74 Å². The maximum Gasteiger partial charge on any atom is 0.236 e. The molecular weight excluding hydrogens is 224 g/mol. The van der Waals surface area contributed by atoms with Crippen LogP contribution in [0.15, 0.2) is 59.7 Å². The second-order valence-corrected chi connectivity index (χ2v) is 4.34. The monoisotopic (exact) mass is 238 g/mol. The molecule has 0 N–H and O–H groups in total. The van der Waals surface area contributed by atoms with Crippen molar-refractivity contribution in [2.75, 3.05) is 0 Å². The Balaban J connectivity index is 1.85. The predicted molar refractivity (Wildman–Crippen MR) is 70.5 cm³/mol. The van der Waals surface area contributed by atoms with Crippen molar-refractivity contribution < 1.29 is 4.74 Å². The Morgan fingerprint density at radius 3 is 2.50 bits per heavy atom. The van der Waals surface area contributed by atoms with Gasteiger partial charge in [0.2, 0.25) is 5.90 Å². The van der Waals surface area contributed by atoms with Crippen LogP contribution in [-0.4, -0.2) is 16.9 Å². The van der Waals surface area contributed by atoms with Crippen molar-refractivity contribution in [1.29, 1.82) is 0 Å². The molecule has 3 nitrogen and oxygen atoms in total. The number of aliphatic imine (C=N–C) groups is 1. The zero-order valence-electron chi connectivity index (χ0n) is 10.2. The van der Waals surface area contributed by atoms with Crippen molar-refractivity contribution in [3.8, 4) is 0 Å². The summed E-state index contributed by atoms with van der Waals surface area (Å²) in [6, 6.07) is 16.0. The van der Waals surface area contributed by atoms with Crippen LogP contribution in [0.4, 0.5) is 0 Å². The Morgan fingerprint density at radius 1 is 1.00 bits per heavy atom. The van der Waals surface area contributed by atoms with Gasteiger partial charge in [0.05, 0.1) is 6.04 Å². The van der Waals surface area contributed by atoms with E-state index in [1.54, 1.807) is 6.20 Å². The van der Waals surface area contributed by atoms with Crippen LogP contribution in [0, 0.1) is 0 Å². The summed E-state index contributed by atoms with van der Waals surface area (Å²) < 4.78 is 5.93. The molecule has 0 saturated heterocycles. The number of benzene rings is 1. The van der Waals surface area contributed by atoms with Crippen LogP contribution in [0.1, 0.15) is 24.3 Å². The molecule has 0 saturated carbocycles. The SMILES string of the molecule is C[C@H]1N=C(c2ccccn2)O[C@@H]1c1ccccc1. The van der Waals surface area contributed by atoms with Gasteiger partial charge in [0, 0.05) is 6.20 Å². The van der Waals surface area contributed by atoms with E-state index in [-0.39, 0.29) is 12.1 Å². The summed E-state index contributed by atoms with van der Waals surface area (Å²) in [5.74, 6) is 0.636. The summed E-state index contributed by atoms with van der Waals surface area (Å²) in [6.07, 6.45) is 1.74. The summed E-state index contributed by atoms with van der Waals surface area (Å²) in [5.41, 5.74) is 1.95. The van der Waals surface area contributed by atoms with Crippen molar-refractivity contribution in [3.05, 3.63) is 66.0 Å². The van der Waals surface area contributed by atoms with Gasteiger partial charge >= 0.3 is 0 Å².